The molecule has 0 aliphatic heterocycles. The topological polar surface area (TPSA) is 48.9 Å². The maximum Gasteiger partial charge on any atom is 0.244 e. The summed E-state index contributed by atoms with van der Waals surface area (Å²) < 4.78 is 4.65. The number of carboxylic acid groups (broad SMARTS) is 1. The molecular weight excluding hydrogens is 264 g/mol. The van der Waals surface area contributed by atoms with E-state index in [0.29, 0.717) is 5.41 Å². The van der Waals surface area contributed by atoms with Crippen molar-refractivity contribution in [3.8, 4) is 0 Å². The average molecular weight is 296 g/mol. The molecule has 0 aromatic carbocycles. The SMILES string of the molecule is CC(=O)[O-].CCCC[n+]1ccn(C(C)(C)CC(C)(C)C)c1. The van der Waals surface area contributed by atoms with Crippen molar-refractivity contribution in [2.24, 2.45) is 5.41 Å². The lowest BCUT2D eigenvalue weighted by Crippen LogP contribution is -2.35. The molecule has 1 heterocycles. The highest BCUT2D eigenvalue weighted by Gasteiger charge is 2.31. The lowest BCUT2D eigenvalue weighted by Gasteiger charge is -2.29. The monoisotopic (exact) mass is 296 g/mol. The Hall–Kier alpha value is -1.32. The van der Waals surface area contributed by atoms with Gasteiger partial charge in [0.1, 0.15) is 17.9 Å². The highest BCUT2D eigenvalue weighted by atomic mass is 16.4. The smallest absolute Gasteiger partial charge is 0.244 e. The lowest BCUT2D eigenvalue weighted by molar-refractivity contribution is -0.697. The second-order valence-electron chi connectivity index (χ2n) is 7.45. The first-order valence-corrected chi connectivity index (χ1v) is 7.73. The zero-order valence-electron chi connectivity index (χ0n) is 14.8. The molecule has 4 heteroatoms. The van der Waals surface area contributed by atoms with Crippen molar-refractivity contribution in [2.45, 2.75) is 79.8 Å². The van der Waals surface area contributed by atoms with Gasteiger partial charge < -0.3 is 9.90 Å². The van der Waals surface area contributed by atoms with Crippen LogP contribution in [0.15, 0.2) is 18.7 Å². The second kappa shape index (κ2) is 8.20. The number of rotatable bonds is 5. The van der Waals surface area contributed by atoms with Crippen LogP contribution in [0.5, 0.6) is 0 Å². The number of hydrogen-bond acceptors (Lipinski definition) is 2. The minimum atomic E-state index is -1.08. The van der Waals surface area contributed by atoms with Gasteiger partial charge in [0.2, 0.25) is 6.33 Å². The van der Waals surface area contributed by atoms with E-state index >= 15 is 0 Å². The van der Waals surface area contributed by atoms with Crippen molar-refractivity contribution < 1.29 is 14.5 Å². The van der Waals surface area contributed by atoms with Gasteiger partial charge in [0.25, 0.3) is 0 Å². The van der Waals surface area contributed by atoms with Crippen LogP contribution in [-0.2, 0) is 16.9 Å². The quantitative estimate of drug-likeness (QED) is 0.784. The van der Waals surface area contributed by atoms with E-state index in [0.717, 1.165) is 13.5 Å². The third-order valence-electron chi connectivity index (χ3n) is 3.12. The fourth-order valence-electron chi connectivity index (χ4n) is 2.61. The van der Waals surface area contributed by atoms with Gasteiger partial charge in [0, 0.05) is 5.97 Å². The minimum Gasteiger partial charge on any atom is -0.550 e. The van der Waals surface area contributed by atoms with Crippen molar-refractivity contribution in [2.75, 3.05) is 0 Å². The molecule has 0 radical (unpaired) electrons. The molecule has 0 spiro atoms. The minimum absolute atomic E-state index is 0.190. The molecule has 1 aromatic rings. The van der Waals surface area contributed by atoms with Crippen LogP contribution in [-0.4, -0.2) is 10.5 Å². The van der Waals surface area contributed by atoms with Crippen molar-refractivity contribution in [1.29, 1.82) is 0 Å². The van der Waals surface area contributed by atoms with Crippen molar-refractivity contribution >= 4 is 5.97 Å². The van der Waals surface area contributed by atoms with E-state index in [9.17, 15) is 0 Å². The van der Waals surface area contributed by atoms with Gasteiger partial charge in [-0.2, -0.15) is 0 Å². The molecule has 0 atom stereocenters. The molecule has 1 rings (SSSR count). The number of hydrogen-bond donors (Lipinski definition) is 0. The summed E-state index contributed by atoms with van der Waals surface area (Å²) in [5, 5.41) is 8.89. The van der Waals surface area contributed by atoms with E-state index in [1.165, 1.54) is 19.3 Å². The maximum atomic E-state index is 8.89. The largest absolute Gasteiger partial charge is 0.550 e. The van der Waals surface area contributed by atoms with Gasteiger partial charge in [-0.15, -0.1) is 0 Å². The first-order chi connectivity index (χ1) is 9.48. The molecule has 0 aliphatic carbocycles. The number of imidazole rings is 1. The van der Waals surface area contributed by atoms with Crippen molar-refractivity contribution in [1.82, 2.24) is 4.57 Å². The Morgan fingerprint density at radius 3 is 2.19 bits per heavy atom. The molecule has 0 N–H and O–H groups in total. The number of aromatic nitrogens is 2. The molecule has 1 aromatic heterocycles. The summed E-state index contributed by atoms with van der Waals surface area (Å²) in [6.45, 7) is 15.9. The molecule has 0 unspecified atom stereocenters. The Labute approximate surface area is 129 Å². The van der Waals surface area contributed by atoms with E-state index in [-0.39, 0.29) is 5.54 Å². The van der Waals surface area contributed by atoms with Crippen LogP contribution in [0.25, 0.3) is 0 Å². The number of nitrogens with zero attached hydrogens (tertiary/aromatic N) is 2. The van der Waals surface area contributed by atoms with E-state index in [2.05, 4.69) is 69.4 Å². The number of carbonyl (C=O) groups excluding carboxylic acids is 1. The van der Waals surface area contributed by atoms with Crippen LogP contribution in [0.3, 0.4) is 0 Å². The van der Waals surface area contributed by atoms with E-state index in [4.69, 9.17) is 9.90 Å². The standard InChI is InChI=1S/C15H29N2.C2H4O2/c1-7-8-9-16-10-11-17(13-16)15(5,6)12-14(2,3)4;1-2(3)4/h10-11,13H,7-9,12H2,1-6H3;1H3,(H,3,4)/q+1;/p-1. The summed E-state index contributed by atoms with van der Waals surface area (Å²) in [5.74, 6) is -1.08. The third kappa shape index (κ3) is 9.27. The Kier molecular flexibility index (Phi) is 7.69. The Bertz CT molecular complexity index is 424. The number of aliphatic carboxylic acids is 1. The summed E-state index contributed by atoms with van der Waals surface area (Å²) in [4.78, 5) is 8.89. The number of aryl methyl sites for hydroxylation is 1. The van der Waals surface area contributed by atoms with Crippen LogP contribution in [0.2, 0.25) is 0 Å². The van der Waals surface area contributed by atoms with Gasteiger partial charge in [0.15, 0.2) is 0 Å². The van der Waals surface area contributed by atoms with Gasteiger partial charge in [-0.3, -0.25) is 0 Å². The molecule has 0 fully saturated rings. The van der Waals surface area contributed by atoms with Gasteiger partial charge in [-0.05, 0) is 39.0 Å². The second-order valence-corrected chi connectivity index (χ2v) is 7.45. The first kappa shape index (κ1) is 19.7. The van der Waals surface area contributed by atoms with Crippen LogP contribution < -0.4 is 9.67 Å². The fraction of sp³-hybridized carbons (Fsp3) is 0.765. The van der Waals surface area contributed by atoms with Crippen molar-refractivity contribution in [3.05, 3.63) is 18.7 Å². The molecule has 0 saturated heterocycles. The molecule has 0 saturated carbocycles. The van der Waals surface area contributed by atoms with Gasteiger partial charge in [-0.25, -0.2) is 9.13 Å². The van der Waals surface area contributed by atoms with E-state index in [1.54, 1.807) is 0 Å². The summed E-state index contributed by atoms with van der Waals surface area (Å²) in [6, 6.07) is 0. The average Bonchev–Trinajstić information content (AvgIpc) is 2.71. The molecular formula is C17H32N2O2. The predicted octanol–water partition coefficient (Wildman–Crippen LogP) is 2.50. The number of carboxylic acids is 1. The predicted molar refractivity (Wildman–Crippen MR) is 83.6 cm³/mol. The lowest BCUT2D eigenvalue weighted by atomic mass is 9.82. The number of carbonyl (C=O) groups is 1. The molecule has 122 valence electrons. The van der Waals surface area contributed by atoms with E-state index < -0.39 is 5.97 Å². The number of unbranched alkanes of at least 4 members (excludes halogenated alkanes) is 1. The van der Waals surface area contributed by atoms with Crippen LogP contribution in [0.1, 0.15) is 67.7 Å². The Morgan fingerprint density at radius 1 is 1.24 bits per heavy atom. The van der Waals surface area contributed by atoms with Gasteiger partial charge in [0.05, 0.1) is 6.54 Å². The van der Waals surface area contributed by atoms with Crippen LogP contribution in [0.4, 0.5) is 0 Å². The Morgan fingerprint density at radius 2 is 1.76 bits per heavy atom. The highest BCUT2D eigenvalue weighted by molar-refractivity contribution is 5.60. The normalized spacial score (nSPS) is 11.8. The van der Waals surface area contributed by atoms with Crippen LogP contribution in [0, 0.1) is 5.41 Å². The highest BCUT2D eigenvalue weighted by Crippen LogP contribution is 2.31. The summed E-state index contributed by atoms with van der Waals surface area (Å²) in [5.41, 5.74) is 0.553. The molecule has 0 bridgehead atoms. The Balaban J connectivity index is 0.000000885. The molecule has 4 nitrogen and oxygen atoms in total. The zero-order chi connectivity index (χ0) is 16.7. The molecule has 0 amide bonds. The summed E-state index contributed by atoms with van der Waals surface area (Å²) in [7, 11) is 0. The summed E-state index contributed by atoms with van der Waals surface area (Å²) in [6.07, 6.45) is 10.4. The third-order valence-corrected chi connectivity index (χ3v) is 3.12. The van der Waals surface area contributed by atoms with Crippen LogP contribution >= 0.6 is 0 Å². The summed E-state index contributed by atoms with van der Waals surface area (Å²) >= 11 is 0. The maximum absolute atomic E-state index is 8.89. The zero-order valence-corrected chi connectivity index (χ0v) is 14.8. The molecule has 21 heavy (non-hydrogen) atoms. The first-order valence-electron chi connectivity index (χ1n) is 7.73. The molecule has 0 aliphatic rings. The van der Waals surface area contributed by atoms with Crippen molar-refractivity contribution in [3.63, 3.8) is 0 Å². The van der Waals surface area contributed by atoms with E-state index in [1.807, 2.05) is 0 Å². The van der Waals surface area contributed by atoms with Gasteiger partial charge >= 0.3 is 0 Å². The van der Waals surface area contributed by atoms with Gasteiger partial charge in [-0.1, -0.05) is 34.1 Å². The fourth-order valence-corrected chi connectivity index (χ4v) is 2.61.